The van der Waals surface area contributed by atoms with Crippen molar-refractivity contribution >= 4 is 54.3 Å². The second kappa shape index (κ2) is 5.27. The van der Waals surface area contributed by atoms with Crippen LogP contribution in [0.5, 0.6) is 0 Å². The van der Waals surface area contributed by atoms with E-state index in [1.165, 1.54) is 29.4 Å². The predicted molar refractivity (Wildman–Crippen MR) is 104 cm³/mol. The predicted octanol–water partition coefficient (Wildman–Crippen LogP) is 6.91. The highest BCUT2D eigenvalue weighted by Crippen LogP contribution is 2.41. The third-order valence-corrected chi connectivity index (χ3v) is 7.38. The second-order valence-corrected chi connectivity index (χ2v) is 8.50. The summed E-state index contributed by atoms with van der Waals surface area (Å²) in [5.74, 6) is 0. The summed E-state index contributed by atoms with van der Waals surface area (Å²) in [6.07, 6.45) is 0. The van der Waals surface area contributed by atoms with Crippen LogP contribution in [0, 0.1) is 0 Å². The molecular weight excluding hydrogens is 338 g/mol. The quantitative estimate of drug-likeness (QED) is 0.337. The van der Waals surface area contributed by atoms with Crippen LogP contribution in [0.3, 0.4) is 0 Å². The van der Waals surface area contributed by atoms with E-state index in [-0.39, 0.29) is 0 Å². The smallest absolute Gasteiger partial charge is 0.134 e. The second-order valence-electron chi connectivity index (χ2n) is 5.30. The Morgan fingerprint density at radius 3 is 2.26 bits per heavy atom. The van der Waals surface area contributed by atoms with Gasteiger partial charge in [0.05, 0.1) is 15.1 Å². The lowest BCUT2D eigenvalue weighted by atomic mass is 10.2. The number of hydrogen-bond acceptors (Lipinski definition) is 4. The molecule has 0 radical (unpaired) electrons. The van der Waals surface area contributed by atoms with Crippen LogP contribution >= 0.6 is 34.0 Å². The van der Waals surface area contributed by atoms with Crippen molar-refractivity contribution in [1.29, 1.82) is 0 Å². The lowest BCUT2D eigenvalue weighted by Crippen LogP contribution is -1.67. The molecule has 0 spiro atoms. The molecule has 0 aliphatic rings. The Morgan fingerprint density at radius 1 is 0.609 bits per heavy atom. The Labute approximate surface area is 145 Å². The van der Waals surface area contributed by atoms with Crippen LogP contribution in [0.25, 0.3) is 39.9 Å². The largest absolute Gasteiger partial charge is 0.235 e. The van der Waals surface area contributed by atoms with Gasteiger partial charge in [0, 0.05) is 14.5 Å². The zero-order valence-electron chi connectivity index (χ0n) is 12.0. The number of benzene rings is 2. The summed E-state index contributed by atoms with van der Waals surface area (Å²) >= 11 is 5.45. The van der Waals surface area contributed by atoms with Crippen LogP contribution in [-0.2, 0) is 0 Å². The Balaban J connectivity index is 1.59. The third-order valence-electron chi connectivity index (χ3n) is 3.78. The Kier molecular flexibility index (Phi) is 3.08. The minimum absolute atomic E-state index is 1.09. The highest BCUT2D eigenvalue weighted by atomic mass is 32.1. The molecule has 2 aromatic carbocycles. The minimum Gasteiger partial charge on any atom is -0.235 e. The van der Waals surface area contributed by atoms with Crippen LogP contribution in [0.2, 0.25) is 0 Å². The highest BCUT2D eigenvalue weighted by molar-refractivity contribution is 7.29. The summed E-state index contributed by atoms with van der Waals surface area (Å²) in [5.41, 5.74) is 1.09. The molecule has 3 heterocycles. The summed E-state index contributed by atoms with van der Waals surface area (Å²) in [4.78, 5) is 8.67. The summed E-state index contributed by atoms with van der Waals surface area (Å²) in [5, 5.41) is 2.44. The summed E-state index contributed by atoms with van der Waals surface area (Å²) in [6.45, 7) is 0. The number of fused-ring (bicyclic) bond motifs is 2. The van der Waals surface area contributed by atoms with Crippen molar-refractivity contribution in [2.75, 3.05) is 0 Å². The van der Waals surface area contributed by atoms with Gasteiger partial charge in [-0.3, -0.25) is 0 Å². The van der Waals surface area contributed by atoms with Gasteiger partial charge in [-0.05, 0) is 41.8 Å². The van der Waals surface area contributed by atoms with E-state index in [9.17, 15) is 0 Å². The Hall–Kier alpha value is -2.01. The van der Waals surface area contributed by atoms with Gasteiger partial charge >= 0.3 is 0 Å². The van der Waals surface area contributed by atoms with Crippen LogP contribution in [0.1, 0.15) is 0 Å². The van der Waals surface area contributed by atoms with E-state index < -0.39 is 0 Å². The summed E-state index contributed by atoms with van der Waals surface area (Å²) in [7, 11) is 0. The van der Waals surface area contributed by atoms with Gasteiger partial charge in [0.15, 0.2) is 0 Å². The number of para-hydroxylation sites is 1. The van der Waals surface area contributed by atoms with Gasteiger partial charge in [-0.15, -0.1) is 34.0 Å². The fourth-order valence-electron chi connectivity index (χ4n) is 2.67. The van der Waals surface area contributed by atoms with E-state index in [2.05, 4.69) is 60.7 Å². The Morgan fingerprint density at radius 2 is 1.39 bits per heavy atom. The average molecular weight is 350 g/mol. The number of rotatable bonds is 2. The van der Waals surface area contributed by atoms with Gasteiger partial charge in [0.1, 0.15) is 5.01 Å². The maximum absolute atomic E-state index is 4.77. The molecule has 0 fully saturated rings. The molecule has 0 saturated heterocycles. The first-order valence-electron chi connectivity index (χ1n) is 7.31. The monoisotopic (exact) mass is 349 g/mol. The van der Waals surface area contributed by atoms with E-state index in [4.69, 9.17) is 4.98 Å². The standard InChI is InChI=1S/C19H11NS3/c1-3-7-14-12(5-1)11-18(21-14)16-9-10-17(22-16)19-20-13-6-2-4-8-15(13)23-19/h1-11H. The zero-order valence-corrected chi connectivity index (χ0v) is 14.5. The molecule has 3 aromatic heterocycles. The molecule has 0 N–H and O–H groups in total. The molecule has 110 valence electrons. The van der Waals surface area contributed by atoms with E-state index >= 15 is 0 Å². The molecule has 1 nitrogen and oxygen atoms in total. The number of nitrogens with zero attached hydrogens (tertiary/aromatic N) is 1. The molecular formula is C19H11NS3. The zero-order chi connectivity index (χ0) is 15.2. The van der Waals surface area contributed by atoms with Crippen molar-refractivity contribution in [3.63, 3.8) is 0 Å². The number of thiophene rings is 2. The first-order chi connectivity index (χ1) is 11.4. The van der Waals surface area contributed by atoms with E-state index in [0.717, 1.165) is 10.5 Å². The van der Waals surface area contributed by atoms with Crippen molar-refractivity contribution in [2.24, 2.45) is 0 Å². The molecule has 4 heteroatoms. The summed E-state index contributed by atoms with van der Waals surface area (Å²) in [6, 6.07) is 23.6. The van der Waals surface area contributed by atoms with Crippen molar-refractivity contribution in [3.8, 4) is 19.6 Å². The van der Waals surface area contributed by atoms with Crippen molar-refractivity contribution in [2.45, 2.75) is 0 Å². The van der Waals surface area contributed by atoms with E-state index in [0.29, 0.717) is 0 Å². The van der Waals surface area contributed by atoms with Gasteiger partial charge in [0.25, 0.3) is 0 Å². The molecule has 0 aliphatic heterocycles. The lowest BCUT2D eigenvalue weighted by Gasteiger charge is -1.89. The normalized spacial score (nSPS) is 11.5. The Bertz CT molecular complexity index is 975. The highest BCUT2D eigenvalue weighted by Gasteiger charge is 2.11. The molecule has 23 heavy (non-hydrogen) atoms. The van der Waals surface area contributed by atoms with Gasteiger partial charge in [-0.25, -0.2) is 4.98 Å². The number of aromatic nitrogens is 1. The van der Waals surface area contributed by atoms with E-state index in [1.54, 1.807) is 11.3 Å². The molecule has 0 aliphatic carbocycles. The molecule has 0 bridgehead atoms. The van der Waals surface area contributed by atoms with Crippen LogP contribution in [0.15, 0.2) is 66.7 Å². The molecule has 0 unspecified atom stereocenters. The topological polar surface area (TPSA) is 12.9 Å². The SMILES string of the molecule is c1ccc2sc(-c3ccc(-c4nc5ccccc5s4)s3)cc2c1. The van der Waals surface area contributed by atoms with Gasteiger partial charge in [0.2, 0.25) is 0 Å². The molecule has 0 saturated carbocycles. The van der Waals surface area contributed by atoms with Crippen LogP contribution in [0.4, 0.5) is 0 Å². The summed E-state index contributed by atoms with van der Waals surface area (Å²) < 4.78 is 2.59. The fourth-order valence-corrected chi connectivity index (χ4v) is 5.84. The fraction of sp³-hybridized carbons (Fsp3) is 0. The van der Waals surface area contributed by atoms with Crippen molar-refractivity contribution in [3.05, 3.63) is 66.7 Å². The molecule has 0 atom stereocenters. The maximum Gasteiger partial charge on any atom is 0.134 e. The molecule has 5 rings (SSSR count). The lowest BCUT2D eigenvalue weighted by molar-refractivity contribution is 1.50. The number of hydrogen-bond donors (Lipinski definition) is 0. The van der Waals surface area contributed by atoms with E-state index in [1.807, 2.05) is 28.7 Å². The van der Waals surface area contributed by atoms with Crippen molar-refractivity contribution in [1.82, 2.24) is 4.98 Å². The van der Waals surface area contributed by atoms with Gasteiger partial charge in [-0.2, -0.15) is 0 Å². The van der Waals surface area contributed by atoms with Crippen molar-refractivity contribution < 1.29 is 0 Å². The van der Waals surface area contributed by atoms with Gasteiger partial charge in [-0.1, -0.05) is 30.3 Å². The number of thiazole rings is 1. The average Bonchev–Trinajstić information content (AvgIpc) is 3.30. The van der Waals surface area contributed by atoms with Gasteiger partial charge < -0.3 is 0 Å². The third kappa shape index (κ3) is 2.30. The minimum atomic E-state index is 1.09. The molecule has 5 aromatic rings. The van der Waals surface area contributed by atoms with Crippen LogP contribution < -0.4 is 0 Å². The van der Waals surface area contributed by atoms with Crippen LogP contribution in [-0.4, -0.2) is 4.98 Å². The molecule has 0 amide bonds. The first kappa shape index (κ1) is 13.4. The maximum atomic E-state index is 4.77. The first-order valence-corrected chi connectivity index (χ1v) is 9.76.